The molecular weight excluding hydrogens is 354 g/mol. The van der Waals surface area contributed by atoms with Gasteiger partial charge in [-0.1, -0.05) is 13.0 Å². The Kier molecular flexibility index (Phi) is 5.14. The summed E-state index contributed by atoms with van der Waals surface area (Å²) in [7, 11) is 0. The zero-order valence-corrected chi connectivity index (χ0v) is 12.3. The molecule has 0 aliphatic rings. The van der Waals surface area contributed by atoms with Gasteiger partial charge in [0.15, 0.2) is 0 Å². The van der Waals surface area contributed by atoms with E-state index in [9.17, 15) is 9.59 Å². The number of carbonyl (C=O) groups is 1. The zero-order chi connectivity index (χ0) is 13.0. The van der Waals surface area contributed by atoms with Crippen molar-refractivity contribution in [2.75, 3.05) is 0 Å². The Bertz CT molecular complexity index is 520. The summed E-state index contributed by atoms with van der Waals surface area (Å²) in [6, 6.07) is 1.65. The Morgan fingerprint density at radius 2 is 2.18 bits per heavy atom. The van der Waals surface area contributed by atoms with Crippen LogP contribution in [0.2, 0.25) is 0 Å². The standard InChI is InChI=1S/C11H11Br2NO3/c1-2-7(11(16)17)3-4-14-6-8(12)5-9(13)10(14)15/h3,5-6H,2,4H2,1H3,(H,16,17)/b7-3-. The number of nitrogens with zero attached hydrogens (tertiary/aromatic N) is 1. The second-order valence-electron chi connectivity index (χ2n) is 3.35. The van der Waals surface area contributed by atoms with Gasteiger partial charge in [-0.15, -0.1) is 0 Å². The van der Waals surface area contributed by atoms with Crippen molar-refractivity contribution < 1.29 is 9.90 Å². The molecule has 0 amide bonds. The number of pyridine rings is 1. The molecule has 6 heteroatoms. The van der Waals surface area contributed by atoms with Crippen molar-refractivity contribution in [3.8, 4) is 0 Å². The van der Waals surface area contributed by atoms with Crippen LogP contribution in [-0.4, -0.2) is 15.6 Å². The maximum absolute atomic E-state index is 11.7. The summed E-state index contributed by atoms with van der Waals surface area (Å²) in [5.74, 6) is -0.949. The van der Waals surface area contributed by atoms with E-state index in [1.807, 2.05) is 0 Å². The fourth-order valence-electron chi connectivity index (χ4n) is 1.29. The molecule has 0 atom stereocenters. The Labute approximate surface area is 115 Å². The van der Waals surface area contributed by atoms with E-state index in [1.54, 1.807) is 25.3 Å². The molecule has 0 unspecified atom stereocenters. The predicted octanol–water partition coefficient (Wildman–Crippen LogP) is 2.79. The van der Waals surface area contributed by atoms with Crippen LogP contribution in [0.3, 0.4) is 0 Å². The highest BCUT2D eigenvalue weighted by Crippen LogP contribution is 2.13. The molecule has 17 heavy (non-hydrogen) atoms. The van der Waals surface area contributed by atoms with Crippen LogP contribution in [0.25, 0.3) is 0 Å². The number of rotatable bonds is 4. The third-order valence-electron chi connectivity index (χ3n) is 2.20. The average Bonchev–Trinajstić information content (AvgIpc) is 2.25. The van der Waals surface area contributed by atoms with Gasteiger partial charge in [-0.2, -0.15) is 0 Å². The first kappa shape index (κ1) is 14.2. The highest BCUT2D eigenvalue weighted by Gasteiger charge is 2.05. The van der Waals surface area contributed by atoms with Crippen LogP contribution in [0.4, 0.5) is 0 Å². The Hall–Kier alpha value is -0.880. The van der Waals surface area contributed by atoms with Gasteiger partial charge in [0.05, 0.1) is 4.47 Å². The SMILES string of the molecule is CC/C(=C/Cn1cc(Br)cc(Br)c1=O)C(=O)O. The van der Waals surface area contributed by atoms with Crippen LogP contribution in [0.1, 0.15) is 13.3 Å². The summed E-state index contributed by atoms with van der Waals surface area (Å²) in [6.45, 7) is 2.01. The average molecular weight is 365 g/mol. The van der Waals surface area contributed by atoms with Crippen LogP contribution >= 0.6 is 31.9 Å². The largest absolute Gasteiger partial charge is 0.478 e. The summed E-state index contributed by atoms with van der Waals surface area (Å²) >= 11 is 6.42. The number of carboxylic acid groups (broad SMARTS) is 1. The van der Waals surface area contributed by atoms with Gasteiger partial charge in [-0.05, 0) is 44.3 Å². The van der Waals surface area contributed by atoms with Crippen molar-refractivity contribution in [2.24, 2.45) is 0 Å². The lowest BCUT2D eigenvalue weighted by Crippen LogP contribution is -2.19. The number of halogens is 2. The topological polar surface area (TPSA) is 59.3 Å². The van der Waals surface area contributed by atoms with Crippen molar-refractivity contribution in [1.29, 1.82) is 0 Å². The van der Waals surface area contributed by atoms with E-state index in [0.717, 1.165) is 4.47 Å². The van der Waals surface area contributed by atoms with E-state index >= 15 is 0 Å². The second-order valence-corrected chi connectivity index (χ2v) is 5.12. The molecule has 0 spiro atoms. The lowest BCUT2D eigenvalue weighted by molar-refractivity contribution is -0.132. The van der Waals surface area contributed by atoms with Crippen LogP contribution < -0.4 is 5.56 Å². The maximum atomic E-state index is 11.7. The molecule has 0 radical (unpaired) electrons. The molecule has 92 valence electrons. The van der Waals surface area contributed by atoms with Crippen LogP contribution in [-0.2, 0) is 11.3 Å². The fraction of sp³-hybridized carbons (Fsp3) is 0.273. The highest BCUT2D eigenvalue weighted by molar-refractivity contribution is 9.11. The first-order valence-electron chi connectivity index (χ1n) is 4.93. The van der Waals surface area contributed by atoms with Crippen LogP contribution in [0, 0.1) is 0 Å². The van der Waals surface area contributed by atoms with Gasteiger partial charge in [0.25, 0.3) is 5.56 Å². The first-order valence-corrected chi connectivity index (χ1v) is 6.52. The lowest BCUT2D eigenvalue weighted by Gasteiger charge is -2.05. The predicted molar refractivity (Wildman–Crippen MR) is 72.1 cm³/mol. The number of carboxylic acids is 1. The quantitative estimate of drug-likeness (QED) is 0.835. The summed E-state index contributed by atoms with van der Waals surface area (Å²) in [4.78, 5) is 22.5. The van der Waals surface area contributed by atoms with Gasteiger partial charge in [0, 0.05) is 22.8 Å². The molecule has 1 N–H and O–H groups in total. The van der Waals surface area contributed by atoms with E-state index in [4.69, 9.17) is 5.11 Å². The van der Waals surface area contributed by atoms with Crippen LogP contribution in [0.5, 0.6) is 0 Å². The molecule has 0 saturated heterocycles. The first-order chi connectivity index (χ1) is 7.95. The summed E-state index contributed by atoms with van der Waals surface area (Å²) in [5, 5.41) is 8.86. The summed E-state index contributed by atoms with van der Waals surface area (Å²) < 4.78 is 2.63. The number of aliphatic carboxylic acids is 1. The van der Waals surface area contributed by atoms with E-state index in [2.05, 4.69) is 31.9 Å². The zero-order valence-electron chi connectivity index (χ0n) is 9.11. The molecule has 0 fully saturated rings. The monoisotopic (exact) mass is 363 g/mol. The van der Waals surface area contributed by atoms with Gasteiger partial charge < -0.3 is 9.67 Å². The number of hydrogen-bond acceptors (Lipinski definition) is 2. The third kappa shape index (κ3) is 3.81. The van der Waals surface area contributed by atoms with Gasteiger partial charge >= 0.3 is 5.97 Å². The molecule has 4 nitrogen and oxygen atoms in total. The van der Waals surface area contributed by atoms with E-state index in [0.29, 0.717) is 16.5 Å². The molecule has 0 aromatic carbocycles. The lowest BCUT2D eigenvalue weighted by atomic mass is 10.2. The van der Waals surface area contributed by atoms with Gasteiger partial charge in [-0.25, -0.2) is 4.79 Å². The normalized spacial score (nSPS) is 11.6. The van der Waals surface area contributed by atoms with Crippen molar-refractivity contribution in [3.63, 3.8) is 0 Å². The number of aromatic nitrogens is 1. The minimum absolute atomic E-state index is 0.190. The van der Waals surface area contributed by atoms with Crippen molar-refractivity contribution in [3.05, 3.63) is 43.2 Å². The van der Waals surface area contributed by atoms with E-state index in [1.165, 1.54) is 4.57 Å². The molecule has 0 aliphatic heterocycles. The minimum Gasteiger partial charge on any atom is -0.478 e. The molecule has 1 rings (SSSR count). The molecular formula is C11H11Br2NO3. The van der Waals surface area contributed by atoms with Gasteiger partial charge in [0.1, 0.15) is 0 Å². The molecule has 1 aromatic rings. The van der Waals surface area contributed by atoms with Gasteiger partial charge in [-0.3, -0.25) is 4.79 Å². The van der Waals surface area contributed by atoms with Crippen LogP contribution in [0.15, 0.2) is 37.7 Å². The highest BCUT2D eigenvalue weighted by atomic mass is 79.9. The van der Waals surface area contributed by atoms with Gasteiger partial charge in [0.2, 0.25) is 0 Å². The molecule has 0 saturated carbocycles. The minimum atomic E-state index is -0.949. The molecule has 1 heterocycles. The Balaban J connectivity index is 3.04. The fourth-order valence-corrected chi connectivity index (χ4v) is 2.55. The van der Waals surface area contributed by atoms with Crippen molar-refractivity contribution in [1.82, 2.24) is 4.57 Å². The summed E-state index contributed by atoms with van der Waals surface area (Å²) in [6.07, 6.45) is 3.60. The second kappa shape index (κ2) is 6.16. The molecule has 0 aliphatic carbocycles. The third-order valence-corrected chi connectivity index (χ3v) is 3.20. The van der Waals surface area contributed by atoms with E-state index < -0.39 is 5.97 Å². The number of allylic oxidation sites excluding steroid dienone is 1. The molecule has 1 aromatic heterocycles. The maximum Gasteiger partial charge on any atom is 0.331 e. The van der Waals surface area contributed by atoms with Crippen molar-refractivity contribution >= 4 is 37.8 Å². The van der Waals surface area contributed by atoms with E-state index in [-0.39, 0.29) is 12.1 Å². The number of hydrogen-bond donors (Lipinski definition) is 1. The summed E-state index contributed by atoms with van der Waals surface area (Å²) in [5.41, 5.74) is 0.110. The Morgan fingerprint density at radius 1 is 1.53 bits per heavy atom. The Morgan fingerprint density at radius 3 is 2.71 bits per heavy atom. The smallest absolute Gasteiger partial charge is 0.331 e. The molecule has 0 bridgehead atoms. The van der Waals surface area contributed by atoms with Crippen molar-refractivity contribution in [2.45, 2.75) is 19.9 Å².